The van der Waals surface area contributed by atoms with Crippen molar-refractivity contribution in [2.24, 2.45) is 0 Å². The van der Waals surface area contributed by atoms with E-state index in [9.17, 15) is 4.79 Å². The van der Waals surface area contributed by atoms with Gasteiger partial charge in [-0.3, -0.25) is 4.79 Å². The number of fused-ring (bicyclic) bond motifs is 1. The van der Waals surface area contributed by atoms with E-state index in [0.29, 0.717) is 5.92 Å². The van der Waals surface area contributed by atoms with Gasteiger partial charge >= 0.3 is 0 Å². The van der Waals surface area contributed by atoms with Gasteiger partial charge in [0.25, 0.3) is 0 Å². The largest absolute Gasteiger partial charge is 0.282 e. The quantitative estimate of drug-likeness (QED) is 0.585. The van der Waals surface area contributed by atoms with Crippen LogP contribution in [-0.2, 0) is 0 Å². The van der Waals surface area contributed by atoms with Crippen molar-refractivity contribution in [1.29, 1.82) is 0 Å². The molecule has 0 unspecified atom stereocenters. The molecule has 0 aliphatic rings. The van der Waals surface area contributed by atoms with Crippen molar-refractivity contribution in [3.63, 3.8) is 0 Å². The summed E-state index contributed by atoms with van der Waals surface area (Å²) in [4.78, 5) is 11.6. The molecule has 0 bridgehead atoms. The monoisotopic (exact) mass is 324 g/mol. The van der Waals surface area contributed by atoms with Gasteiger partial charge in [-0.1, -0.05) is 44.2 Å². The number of halogens is 1. The molecule has 0 saturated carbocycles. The minimum absolute atomic E-state index is 0.118. The Balaban J connectivity index is 2.84. The van der Waals surface area contributed by atoms with Crippen LogP contribution in [0.15, 0.2) is 36.4 Å². The Morgan fingerprint density at radius 3 is 2.44 bits per heavy atom. The molecule has 0 N–H and O–H groups in total. The molecular formula is C14H13IO. The van der Waals surface area contributed by atoms with Crippen LogP contribution in [0.2, 0.25) is 0 Å². The van der Waals surface area contributed by atoms with E-state index in [-0.39, 0.29) is 3.79 Å². The first kappa shape index (κ1) is 11.6. The van der Waals surface area contributed by atoms with Gasteiger partial charge in [-0.15, -0.1) is 0 Å². The lowest BCUT2D eigenvalue weighted by molar-refractivity contribution is 0.110. The molecule has 0 radical (unpaired) electrons. The Bertz CT molecular complexity index is 543. The first-order chi connectivity index (χ1) is 7.61. The number of rotatable bonds is 2. The minimum Gasteiger partial charge on any atom is -0.282 e. The molecular weight excluding hydrogens is 311 g/mol. The van der Waals surface area contributed by atoms with Gasteiger partial charge in [0.05, 0.1) is 0 Å². The molecule has 0 aliphatic heterocycles. The fraction of sp³-hybridized carbons (Fsp3) is 0.214. The zero-order valence-electron chi connectivity index (χ0n) is 9.33. The third-order valence-electron chi connectivity index (χ3n) is 2.76. The first-order valence-corrected chi connectivity index (χ1v) is 6.40. The molecule has 2 heteroatoms. The lowest BCUT2D eigenvalue weighted by Gasteiger charge is -2.13. The van der Waals surface area contributed by atoms with Crippen LogP contribution in [0.1, 0.15) is 35.7 Å². The first-order valence-electron chi connectivity index (χ1n) is 5.32. The molecule has 0 aromatic heterocycles. The summed E-state index contributed by atoms with van der Waals surface area (Å²) >= 11 is 1.86. The van der Waals surface area contributed by atoms with E-state index >= 15 is 0 Å². The molecule has 2 rings (SSSR count). The Labute approximate surface area is 109 Å². The van der Waals surface area contributed by atoms with Crippen molar-refractivity contribution in [1.82, 2.24) is 0 Å². The number of benzene rings is 2. The predicted octanol–water partition coefficient (Wildman–Crippen LogP) is 4.54. The van der Waals surface area contributed by atoms with Crippen molar-refractivity contribution in [2.45, 2.75) is 19.8 Å². The van der Waals surface area contributed by atoms with Gasteiger partial charge in [0.15, 0.2) is 0 Å². The smallest absolute Gasteiger partial charge is 0.222 e. The molecule has 0 heterocycles. The lowest BCUT2D eigenvalue weighted by atomic mass is 9.92. The summed E-state index contributed by atoms with van der Waals surface area (Å²) in [7, 11) is 0. The van der Waals surface area contributed by atoms with E-state index in [1.54, 1.807) is 0 Å². The molecule has 16 heavy (non-hydrogen) atoms. The molecule has 0 spiro atoms. The number of carbonyl (C=O) groups is 1. The van der Waals surface area contributed by atoms with Crippen LogP contribution < -0.4 is 0 Å². The molecule has 0 atom stereocenters. The average Bonchev–Trinajstić information content (AvgIpc) is 2.27. The summed E-state index contributed by atoms with van der Waals surface area (Å²) in [5.41, 5.74) is 2.01. The second-order valence-electron chi connectivity index (χ2n) is 4.18. The number of carbonyl (C=O) groups excluding carboxylic acids is 1. The minimum atomic E-state index is 0.118. The topological polar surface area (TPSA) is 17.1 Å². The van der Waals surface area contributed by atoms with Crippen LogP contribution in [-0.4, -0.2) is 3.79 Å². The van der Waals surface area contributed by atoms with E-state index < -0.39 is 0 Å². The van der Waals surface area contributed by atoms with Gasteiger partial charge < -0.3 is 0 Å². The van der Waals surface area contributed by atoms with Crippen LogP contribution >= 0.6 is 22.6 Å². The number of hydrogen-bond acceptors (Lipinski definition) is 1. The number of hydrogen-bond donors (Lipinski definition) is 0. The lowest BCUT2D eigenvalue weighted by Crippen LogP contribution is -2.00. The van der Waals surface area contributed by atoms with E-state index in [2.05, 4.69) is 26.0 Å². The summed E-state index contributed by atoms with van der Waals surface area (Å²) in [6.07, 6.45) is 0. The van der Waals surface area contributed by atoms with Crippen molar-refractivity contribution in [3.05, 3.63) is 47.5 Å². The van der Waals surface area contributed by atoms with Crippen LogP contribution in [0, 0.1) is 0 Å². The average molecular weight is 324 g/mol. The highest BCUT2D eigenvalue weighted by molar-refractivity contribution is 14.1. The zero-order chi connectivity index (χ0) is 11.7. The normalized spacial score (nSPS) is 11.0. The molecule has 2 aromatic carbocycles. The highest BCUT2D eigenvalue weighted by Crippen LogP contribution is 2.30. The van der Waals surface area contributed by atoms with E-state index in [1.165, 1.54) is 10.8 Å². The van der Waals surface area contributed by atoms with Gasteiger partial charge in [0.2, 0.25) is 3.79 Å². The van der Waals surface area contributed by atoms with E-state index in [1.807, 2.05) is 46.9 Å². The highest BCUT2D eigenvalue weighted by Gasteiger charge is 2.14. The van der Waals surface area contributed by atoms with Crippen molar-refractivity contribution < 1.29 is 4.79 Å². The van der Waals surface area contributed by atoms with Gasteiger partial charge in [-0.25, -0.2) is 0 Å². The fourth-order valence-electron chi connectivity index (χ4n) is 2.09. The van der Waals surface area contributed by atoms with E-state index in [0.717, 1.165) is 11.1 Å². The Kier molecular flexibility index (Phi) is 3.28. The van der Waals surface area contributed by atoms with Crippen LogP contribution in [0.5, 0.6) is 0 Å². The zero-order valence-corrected chi connectivity index (χ0v) is 11.5. The SMILES string of the molecule is CC(C)c1c(C(=O)I)ccc2ccccc12. The van der Waals surface area contributed by atoms with Gasteiger partial charge in [0, 0.05) is 28.2 Å². The van der Waals surface area contributed by atoms with Gasteiger partial charge in [-0.05, 0) is 28.3 Å². The summed E-state index contributed by atoms with van der Waals surface area (Å²) < 4.78 is 0.118. The van der Waals surface area contributed by atoms with Crippen LogP contribution in [0.25, 0.3) is 10.8 Å². The second kappa shape index (κ2) is 4.53. The third-order valence-corrected chi connectivity index (χ3v) is 3.34. The summed E-state index contributed by atoms with van der Waals surface area (Å²) in [5.74, 6) is 0.361. The fourth-order valence-corrected chi connectivity index (χ4v) is 2.56. The maximum Gasteiger partial charge on any atom is 0.222 e. The van der Waals surface area contributed by atoms with E-state index in [4.69, 9.17) is 0 Å². The molecule has 1 nitrogen and oxygen atoms in total. The Hall–Kier alpha value is -0.900. The molecule has 0 saturated heterocycles. The van der Waals surface area contributed by atoms with Crippen molar-refractivity contribution in [2.75, 3.05) is 0 Å². The maximum absolute atomic E-state index is 11.6. The van der Waals surface area contributed by atoms with Crippen LogP contribution in [0.4, 0.5) is 0 Å². The maximum atomic E-state index is 11.6. The predicted molar refractivity (Wildman–Crippen MR) is 76.4 cm³/mol. The highest BCUT2D eigenvalue weighted by atomic mass is 127. The van der Waals surface area contributed by atoms with Crippen LogP contribution in [0.3, 0.4) is 0 Å². The standard InChI is InChI=1S/C14H13IO/c1-9(2)13-11-6-4-3-5-10(11)7-8-12(13)14(15)16/h3-9H,1-2H3. The Morgan fingerprint density at radius 2 is 1.81 bits per heavy atom. The molecule has 0 amide bonds. The second-order valence-corrected chi connectivity index (χ2v) is 5.16. The van der Waals surface area contributed by atoms with Gasteiger partial charge in [-0.2, -0.15) is 0 Å². The van der Waals surface area contributed by atoms with Crippen molar-refractivity contribution >= 4 is 37.2 Å². The molecule has 0 fully saturated rings. The summed E-state index contributed by atoms with van der Waals surface area (Å²) in [6, 6.07) is 12.2. The molecule has 82 valence electrons. The third kappa shape index (κ3) is 1.98. The summed E-state index contributed by atoms with van der Waals surface area (Å²) in [6.45, 7) is 4.26. The summed E-state index contributed by atoms with van der Waals surface area (Å²) in [5, 5.41) is 2.40. The molecule has 0 aliphatic carbocycles. The van der Waals surface area contributed by atoms with Crippen molar-refractivity contribution in [3.8, 4) is 0 Å². The van der Waals surface area contributed by atoms with Gasteiger partial charge in [0.1, 0.15) is 0 Å². The Morgan fingerprint density at radius 1 is 1.12 bits per heavy atom. The molecule has 2 aromatic rings.